The number of para-hydroxylation sites is 1. The van der Waals surface area contributed by atoms with E-state index in [4.69, 9.17) is 4.42 Å². The van der Waals surface area contributed by atoms with Gasteiger partial charge in [0.15, 0.2) is 5.76 Å². The molecule has 1 aromatic heterocycles. The highest BCUT2D eigenvalue weighted by molar-refractivity contribution is 5.96. The van der Waals surface area contributed by atoms with E-state index < -0.39 is 0 Å². The molecule has 5 heteroatoms. The summed E-state index contributed by atoms with van der Waals surface area (Å²) in [7, 11) is 0. The highest BCUT2D eigenvalue weighted by Gasteiger charge is 2.26. The Bertz CT molecular complexity index is 1200. The molecule has 5 nitrogen and oxygen atoms in total. The van der Waals surface area contributed by atoms with Crippen LogP contribution in [-0.4, -0.2) is 36.3 Å². The summed E-state index contributed by atoms with van der Waals surface area (Å²) < 4.78 is 5.75. The fourth-order valence-corrected chi connectivity index (χ4v) is 4.90. The Morgan fingerprint density at radius 2 is 1.46 bits per heavy atom. The van der Waals surface area contributed by atoms with Gasteiger partial charge < -0.3 is 14.6 Å². The van der Waals surface area contributed by atoms with E-state index in [0.29, 0.717) is 37.7 Å². The fourth-order valence-electron chi connectivity index (χ4n) is 4.90. The highest BCUT2D eigenvalue weighted by Crippen LogP contribution is 2.28. The van der Waals surface area contributed by atoms with E-state index in [1.807, 2.05) is 71.6 Å². The zero-order valence-corrected chi connectivity index (χ0v) is 19.7. The molecule has 0 aliphatic carbocycles. The van der Waals surface area contributed by atoms with Crippen LogP contribution in [0.1, 0.15) is 46.9 Å². The van der Waals surface area contributed by atoms with Crippen molar-refractivity contribution in [3.8, 4) is 0 Å². The van der Waals surface area contributed by atoms with Crippen LogP contribution < -0.4 is 5.32 Å². The van der Waals surface area contributed by atoms with Crippen LogP contribution in [-0.2, 0) is 4.79 Å². The number of hydrogen-bond donors (Lipinski definition) is 1. The van der Waals surface area contributed by atoms with E-state index in [-0.39, 0.29) is 17.7 Å². The third kappa shape index (κ3) is 5.46. The second kappa shape index (κ2) is 10.6. The molecule has 178 valence electrons. The van der Waals surface area contributed by atoms with Gasteiger partial charge in [0, 0.05) is 37.4 Å². The van der Waals surface area contributed by atoms with E-state index in [2.05, 4.69) is 29.6 Å². The molecule has 1 aliphatic rings. The van der Waals surface area contributed by atoms with Gasteiger partial charge in [-0.3, -0.25) is 9.59 Å². The van der Waals surface area contributed by atoms with Crippen LogP contribution in [0.15, 0.2) is 95.4 Å². The number of fused-ring (bicyclic) bond motifs is 1. The van der Waals surface area contributed by atoms with Crippen molar-refractivity contribution in [1.82, 2.24) is 10.2 Å². The summed E-state index contributed by atoms with van der Waals surface area (Å²) in [4.78, 5) is 27.7. The predicted octanol–water partition coefficient (Wildman–Crippen LogP) is 5.62. The largest absolute Gasteiger partial charge is 0.451 e. The first-order valence-corrected chi connectivity index (χ1v) is 12.3. The highest BCUT2D eigenvalue weighted by atomic mass is 16.3. The number of carbonyl (C=O) groups excluding carboxylic acids is 2. The van der Waals surface area contributed by atoms with Gasteiger partial charge in [0.1, 0.15) is 5.58 Å². The Balaban J connectivity index is 1.13. The molecule has 0 saturated carbocycles. The van der Waals surface area contributed by atoms with Crippen LogP contribution in [0.5, 0.6) is 0 Å². The van der Waals surface area contributed by atoms with Gasteiger partial charge in [-0.25, -0.2) is 0 Å². The Morgan fingerprint density at radius 1 is 0.857 bits per heavy atom. The summed E-state index contributed by atoms with van der Waals surface area (Å²) in [5, 5.41) is 4.10. The minimum atomic E-state index is -0.0581. The maximum atomic E-state index is 12.9. The summed E-state index contributed by atoms with van der Waals surface area (Å²) in [6, 6.07) is 29.9. The molecular formula is C30H30N2O3. The van der Waals surface area contributed by atoms with Crippen LogP contribution >= 0.6 is 0 Å². The quantitative estimate of drug-likeness (QED) is 0.384. The van der Waals surface area contributed by atoms with Gasteiger partial charge in [0.2, 0.25) is 5.91 Å². The van der Waals surface area contributed by atoms with Crippen molar-refractivity contribution < 1.29 is 14.0 Å². The first-order chi connectivity index (χ1) is 17.2. The lowest BCUT2D eigenvalue weighted by Crippen LogP contribution is -2.41. The molecular weight excluding hydrogens is 436 g/mol. The van der Waals surface area contributed by atoms with Crippen molar-refractivity contribution in [3.05, 3.63) is 108 Å². The standard InChI is InChI=1S/C30H30N2O3/c33-29(20-26(23-9-3-1-4-10-23)24-11-5-2-6-12-24)31-21-22-15-17-32(18-16-22)30(34)28-19-25-13-7-8-14-27(25)35-28/h1-14,19,22,26H,15-18,20-21H2,(H,31,33). The van der Waals surface area contributed by atoms with Gasteiger partial charge in [-0.15, -0.1) is 0 Å². The molecule has 1 saturated heterocycles. The van der Waals surface area contributed by atoms with E-state index in [0.717, 1.165) is 34.9 Å². The normalized spacial score (nSPS) is 14.4. The topological polar surface area (TPSA) is 62.6 Å². The Hall–Kier alpha value is -3.86. The zero-order valence-electron chi connectivity index (χ0n) is 19.7. The molecule has 5 rings (SSSR count). The van der Waals surface area contributed by atoms with Crippen molar-refractivity contribution >= 4 is 22.8 Å². The number of piperidine rings is 1. The van der Waals surface area contributed by atoms with Crippen molar-refractivity contribution in [2.45, 2.75) is 25.2 Å². The zero-order chi connectivity index (χ0) is 24.0. The first-order valence-electron chi connectivity index (χ1n) is 12.3. The predicted molar refractivity (Wildman–Crippen MR) is 137 cm³/mol. The van der Waals surface area contributed by atoms with Crippen molar-refractivity contribution in [1.29, 1.82) is 0 Å². The molecule has 3 aromatic carbocycles. The summed E-state index contributed by atoms with van der Waals surface area (Å²) in [6.07, 6.45) is 2.15. The van der Waals surface area contributed by atoms with Crippen molar-refractivity contribution in [2.75, 3.05) is 19.6 Å². The van der Waals surface area contributed by atoms with Gasteiger partial charge in [-0.2, -0.15) is 0 Å². The molecule has 2 amide bonds. The Morgan fingerprint density at radius 3 is 2.09 bits per heavy atom. The third-order valence-corrected chi connectivity index (χ3v) is 6.92. The molecule has 0 bridgehead atoms. The van der Waals surface area contributed by atoms with E-state index in [1.54, 1.807) is 0 Å². The second-order valence-electron chi connectivity index (χ2n) is 9.27. The van der Waals surface area contributed by atoms with Gasteiger partial charge in [0.25, 0.3) is 5.91 Å². The average molecular weight is 467 g/mol. The molecule has 0 spiro atoms. The smallest absolute Gasteiger partial charge is 0.289 e. The lowest BCUT2D eigenvalue weighted by Gasteiger charge is -2.31. The molecule has 35 heavy (non-hydrogen) atoms. The molecule has 2 heterocycles. The summed E-state index contributed by atoms with van der Waals surface area (Å²) in [5.74, 6) is 0.790. The first kappa shape index (κ1) is 22.9. The van der Waals surface area contributed by atoms with E-state index >= 15 is 0 Å². The van der Waals surface area contributed by atoms with Gasteiger partial charge in [0.05, 0.1) is 0 Å². The summed E-state index contributed by atoms with van der Waals surface area (Å²) in [5.41, 5.74) is 3.02. The van der Waals surface area contributed by atoms with Crippen LogP contribution in [0.2, 0.25) is 0 Å². The van der Waals surface area contributed by atoms with E-state index in [9.17, 15) is 9.59 Å². The monoisotopic (exact) mass is 466 g/mol. The number of carbonyl (C=O) groups is 2. The number of furan rings is 1. The number of hydrogen-bond acceptors (Lipinski definition) is 3. The molecule has 0 unspecified atom stereocenters. The lowest BCUT2D eigenvalue weighted by molar-refractivity contribution is -0.121. The average Bonchev–Trinajstić information content (AvgIpc) is 3.36. The van der Waals surface area contributed by atoms with Crippen LogP contribution in [0.25, 0.3) is 11.0 Å². The number of nitrogens with one attached hydrogen (secondary N) is 1. The molecule has 1 N–H and O–H groups in total. The van der Waals surface area contributed by atoms with Crippen LogP contribution in [0, 0.1) is 5.92 Å². The molecule has 4 aromatic rings. The number of rotatable bonds is 7. The Labute approximate surface area is 205 Å². The SMILES string of the molecule is O=C(CC(c1ccccc1)c1ccccc1)NCC1CCN(C(=O)c2cc3ccccc3o2)CC1. The third-order valence-electron chi connectivity index (χ3n) is 6.92. The van der Waals surface area contributed by atoms with E-state index in [1.165, 1.54) is 0 Å². The maximum absolute atomic E-state index is 12.9. The molecule has 0 atom stereocenters. The van der Waals surface area contributed by atoms with Crippen molar-refractivity contribution in [3.63, 3.8) is 0 Å². The van der Waals surface area contributed by atoms with Gasteiger partial charge in [-0.05, 0) is 42.0 Å². The number of likely N-dealkylation sites (tertiary alicyclic amines) is 1. The summed E-state index contributed by atoms with van der Waals surface area (Å²) >= 11 is 0. The number of nitrogens with zero attached hydrogens (tertiary/aromatic N) is 1. The van der Waals surface area contributed by atoms with Crippen molar-refractivity contribution in [2.24, 2.45) is 5.92 Å². The lowest BCUT2D eigenvalue weighted by atomic mass is 9.88. The maximum Gasteiger partial charge on any atom is 0.289 e. The Kier molecular flexibility index (Phi) is 6.94. The fraction of sp³-hybridized carbons (Fsp3) is 0.267. The summed E-state index contributed by atoms with van der Waals surface area (Å²) in [6.45, 7) is 1.99. The molecule has 0 radical (unpaired) electrons. The second-order valence-corrected chi connectivity index (χ2v) is 9.27. The molecule has 1 fully saturated rings. The van der Waals surface area contributed by atoms with Crippen LogP contribution in [0.3, 0.4) is 0 Å². The van der Waals surface area contributed by atoms with Crippen LogP contribution in [0.4, 0.5) is 0 Å². The number of amides is 2. The number of benzene rings is 3. The van der Waals surface area contributed by atoms with Gasteiger partial charge >= 0.3 is 0 Å². The van der Waals surface area contributed by atoms with Gasteiger partial charge in [-0.1, -0.05) is 78.9 Å². The molecule has 1 aliphatic heterocycles. The minimum Gasteiger partial charge on any atom is -0.451 e. The minimum absolute atomic E-state index is 0.0284.